The summed E-state index contributed by atoms with van der Waals surface area (Å²) in [6, 6.07) is 5.58. The first kappa shape index (κ1) is 15.3. The summed E-state index contributed by atoms with van der Waals surface area (Å²) in [7, 11) is 0. The quantitative estimate of drug-likeness (QED) is 0.628. The lowest BCUT2D eigenvalue weighted by atomic mass is 10.3. The molecule has 0 bridgehead atoms. The summed E-state index contributed by atoms with van der Waals surface area (Å²) in [5.41, 5.74) is 0.544. The number of hydrogen-bond donors (Lipinski definition) is 2. The standard InChI is InChI=1S/C13H16FN5OS/c1-2-3-11-17-18-13(19(11)15)21-8-12(20)16-10-6-4-9(14)5-7-10/h4-7H,2-3,8,15H2,1H3,(H,16,20). The number of carbonyl (C=O) groups is 1. The van der Waals surface area contributed by atoms with Gasteiger partial charge in [-0.15, -0.1) is 10.2 Å². The van der Waals surface area contributed by atoms with Crippen LogP contribution in [0.1, 0.15) is 19.2 Å². The van der Waals surface area contributed by atoms with Gasteiger partial charge in [-0.25, -0.2) is 9.07 Å². The second-order valence-electron chi connectivity index (χ2n) is 4.36. The Kier molecular flexibility index (Phi) is 5.15. The first-order valence-electron chi connectivity index (χ1n) is 6.47. The summed E-state index contributed by atoms with van der Waals surface area (Å²) in [6.07, 6.45) is 1.66. The fraction of sp³-hybridized carbons (Fsp3) is 0.308. The first-order valence-corrected chi connectivity index (χ1v) is 7.46. The van der Waals surface area contributed by atoms with Crippen LogP contribution in [0.25, 0.3) is 0 Å². The van der Waals surface area contributed by atoms with E-state index in [1.807, 2.05) is 6.92 Å². The van der Waals surface area contributed by atoms with E-state index >= 15 is 0 Å². The second kappa shape index (κ2) is 7.07. The molecule has 0 saturated carbocycles. The number of carbonyl (C=O) groups excluding carboxylic acids is 1. The number of hydrogen-bond acceptors (Lipinski definition) is 5. The van der Waals surface area contributed by atoms with E-state index in [1.165, 1.54) is 40.7 Å². The van der Waals surface area contributed by atoms with Crippen molar-refractivity contribution in [2.45, 2.75) is 24.9 Å². The third-order valence-corrected chi connectivity index (χ3v) is 3.61. The smallest absolute Gasteiger partial charge is 0.234 e. The molecule has 112 valence electrons. The zero-order chi connectivity index (χ0) is 15.2. The second-order valence-corrected chi connectivity index (χ2v) is 5.31. The number of nitrogens with zero attached hydrogens (tertiary/aromatic N) is 3. The number of rotatable bonds is 6. The SMILES string of the molecule is CCCc1nnc(SCC(=O)Nc2ccc(F)cc2)n1N. The van der Waals surface area contributed by atoms with E-state index in [2.05, 4.69) is 15.5 Å². The van der Waals surface area contributed by atoms with Gasteiger partial charge in [-0.3, -0.25) is 4.79 Å². The summed E-state index contributed by atoms with van der Waals surface area (Å²) < 4.78 is 14.2. The highest BCUT2D eigenvalue weighted by Gasteiger charge is 2.11. The Morgan fingerprint density at radius 3 is 2.76 bits per heavy atom. The van der Waals surface area contributed by atoms with Gasteiger partial charge in [0.05, 0.1) is 5.75 Å². The van der Waals surface area contributed by atoms with Crippen LogP contribution in [0, 0.1) is 5.82 Å². The van der Waals surface area contributed by atoms with Gasteiger partial charge in [-0.1, -0.05) is 18.7 Å². The molecule has 2 aromatic rings. The maximum atomic E-state index is 12.8. The molecule has 0 aliphatic carbocycles. The maximum absolute atomic E-state index is 12.8. The van der Waals surface area contributed by atoms with Crippen LogP contribution in [0.3, 0.4) is 0 Å². The molecule has 21 heavy (non-hydrogen) atoms. The van der Waals surface area contributed by atoms with Crippen LogP contribution < -0.4 is 11.2 Å². The Hall–Kier alpha value is -2.09. The molecule has 0 saturated heterocycles. The van der Waals surface area contributed by atoms with Crippen molar-refractivity contribution in [2.75, 3.05) is 16.9 Å². The van der Waals surface area contributed by atoms with E-state index in [1.54, 1.807) is 0 Å². The summed E-state index contributed by atoms with van der Waals surface area (Å²) in [6.45, 7) is 2.03. The molecule has 0 radical (unpaired) electrons. The lowest BCUT2D eigenvalue weighted by Crippen LogP contribution is -2.17. The van der Waals surface area contributed by atoms with Crippen LogP contribution >= 0.6 is 11.8 Å². The lowest BCUT2D eigenvalue weighted by molar-refractivity contribution is -0.113. The minimum absolute atomic E-state index is 0.152. The van der Waals surface area contributed by atoms with Gasteiger partial charge in [0.15, 0.2) is 5.82 Å². The Morgan fingerprint density at radius 1 is 1.38 bits per heavy atom. The van der Waals surface area contributed by atoms with E-state index < -0.39 is 0 Å². The molecule has 0 fully saturated rings. The van der Waals surface area contributed by atoms with Crippen LogP contribution in [0.5, 0.6) is 0 Å². The Balaban J connectivity index is 1.87. The average molecular weight is 309 g/mol. The minimum atomic E-state index is -0.345. The van der Waals surface area contributed by atoms with E-state index in [4.69, 9.17) is 5.84 Å². The normalized spacial score (nSPS) is 10.6. The zero-order valence-corrected chi connectivity index (χ0v) is 12.4. The number of amides is 1. The molecule has 2 rings (SSSR count). The highest BCUT2D eigenvalue weighted by molar-refractivity contribution is 7.99. The zero-order valence-electron chi connectivity index (χ0n) is 11.5. The lowest BCUT2D eigenvalue weighted by Gasteiger charge is -2.05. The third-order valence-electron chi connectivity index (χ3n) is 2.67. The van der Waals surface area contributed by atoms with Crippen molar-refractivity contribution in [3.63, 3.8) is 0 Å². The summed E-state index contributed by atoms with van der Waals surface area (Å²) in [5, 5.41) is 11.1. The van der Waals surface area contributed by atoms with Crippen LogP contribution in [-0.4, -0.2) is 26.5 Å². The number of nitrogens with two attached hydrogens (primary N) is 1. The Labute approximate surface area is 125 Å². The molecule has 0 unspecified atom stereocenters. The van der Waals surface area contributed by atoms with Crippen LogP contribution in [0.2, 0.25) is 0 Å². The number of thioether (sulfide) groups is 1. The van der Waals surface area contributed by atoms with Gasteiger partial charge in [0.25, 0.3) is 0 Å². The first-order chi connectivity index (χ1) is 10.1. The molecule has 6 nitrogen and oxygen atoms in total. The fourth-order valence-corrected chi connectivity index (χ4v) is 2.34. The van der Waals surface area contributed by atoms with E-state index in [0.717, 1.165) is 12.8 Å². The van der Waals surface area contributed by atoms with Crippen LogP contribution in [0.15, 0.2) is 29.4 Å². The van der Waals surface area contributed by atoms with Gasteiger partial charge in [0.1, 0.15) is 5.82 Å². The number of aromatic nitrogens is 3. The van der Waals surface area contributed by atoms with Gasteiger partial charge in [-0.05, 0) is 30.7 Å². The van der Waals surface area contributed by atoms with Gasteiger partial charge >= 0.3 is 0 Å². The monoisotopic (exact) mass is 309 g/mol. The molecule has 1 heterocycles. The Bertz CT molecular complexity index is 614. The van der Waals surface area contributed by atoms with Crippen molar-refractivity contribution in [1.29, 1.82) is 0 Å². The number of benzene rings is 1. The van der Waals surface area contributed by atoms with Crippen LogP contribution in [-0.2, 0) is 11.2 Å². The molecular formula is C13H16FN5OS. The Morgan fingerprint density at radius 2 is 2.10 bits per heavy atom. The fourth-order valence-electron chi connectivity index (χ4n) is 1.66. The average Bonchev–Trinajstić information content (AvgIpc) is 2.81. The van der Waals surface area contributed by atoms with Crippen molar-refractivity contribution in [3.05, 3.63) is 35.9 Å². The summed E-state index contributed by atoms with van der Waals surface area (Å²) >= 11 is 1.20. The molecule has 3 N–H and O–H groups in total. The molecular weight excluding hydrogens is 293 g/mol. The largest absolute Gasteiger partial charge is 0.336 e. The van der Waals surface area contributed by atoms with Crippen molar-refractivity contribution in [1.82, 2.24) is 14.9 Å². The van der Waals surface area contributed by atoms with Gasteiger partial charge < -0.3 is 11.2 Å². The molecule has 0 aliphatic heterocycles. The summed E-state index contributed by atoms with van der Waals surface area (Å²) in [4.78, 5) is 11.8. The predicted octanol–water partition coefficient (Wildman–Crippen LogP) is 1.81. The molecule has 0 aliphatic rings. The molecule has 0 atom stereocenters. The number of nitrogen functional groups attached to an aromatic ring is 1. The van der Waals surface area contributed by atoms with E-state index in [9.17, 15) is 9.18 Å². The van der Waals surface area contributed by atoms with Crippen molar-refractivity contribution in [2.24, 2.45) is 0 Å². The van der Waals surface area contributed by atoms with E-state index in [-0.39, 0.29) is 17.5 Å². The molecule has 1 amide bonds. The molecule has 0 spiro atoms. The summed E-state index contributed by atoms with van der Waals surface area (Å²) in [5.74, 6) is 6.13. The number of aryl methyl sites for hydroxylation is 1. The third kappa shape index (κ3) is 4.19. The molecule has 1 aromatic heterocycles. The van der Waals surface area contributed by atoms with Gasteiger partial charge in [0, 0.05) is 12.1 Å². The molecule has 8 heteroatoms. The predicted molar refractivity (Wildman–Crippen MR) is 79.9 cm³/mol. The van der Waals surface area contributed by atoms with Gasteiger partial charge in [-0.2, -0.15) is 0 Å². The number of nitrogens with one attached hydrogen (secondary N) is 1. The van der Waals surface area contributed by atoms with Crippen molar-refractivity contribution >= 4 is 23.4 Å². The highest BCUT2D eigenvalue weighted by atomic mass is 32.2. The highest BCUT2D eigenvalue weighted by Crippen LogP contribution is 2.16. The molecule has 1 aromatic carbocycles. The van der Waals surface area contributed by atoms with Crippen LogP contribution in [0.4, 0.5) is 10.1 Å². The van der Waals surface area contributed by atoms with Crippen molar-refractivity contribution in [3.8, 4) is 0 Å². The van der Waals surface area contributed by atoms with Crippen molar-refractivity contribution < 1.29 is 9.18 Å². The number of halogens is 1. The maximum Gasteiger partial charge on any atom is 0.234 e. The topological polar surface area (TPSA) is 85.8 Å². The van der Waals surface area contributed by atoms with Gasteiger partial charge in [0.2, 0.25) is 11.1 Å². The minimum Gasteiger partial charge on any atom is -0.336 e. The number of anilines is 1. The van der Waals surface area contributed by atoms with E-state index in [0.29, 0.717) is 16.7 Å².